The summed E-state index contributed by atoms with van der Waals surface area (Å²) in [6.07, 6.45) is 1.07. The Bertz CT molecular complexity index is 428. The summed E-state index contributed by atoms with van der Waals surface area (Å²) in [5.74, 6) is -7.40. The molecule has 0 aliphatic carbocycles. The Hall–Kier alpha value is -1.85. The minimum Gasteiger partial charge on any atom is -0.481 e. The van der Waals surface area contributed by atoms with Gasteiger partial charge in [-0.2, -0.15) is 0 Å². The molecule has 1 rings (SSSR count). The van der Waals surface area contributed by atoms with Crippen molar-refractivity contribution in [2.45, 2.75) is 6.42 Å². The van der Waals surface area contributed by atoms with E-state index in [1.165, 1.54) is 0 Å². The summed E-state index contributed by atoms with van der Waals surface area (Å²) < 4.78 is 51.3. The van der Waals surface area contributed by atoms with Crippen LogP contribution < -0.4 is 0 Å². The molecular formula is C10H6F4O2. The predicted molar refractivity (Wildman–Crippen MR) is 47.6 cm³/mol. The predicted octanol–water partition coefficient (Wildman–Crippen LogP) is 2.73. The van der Waals surface area contributed by atoms with Crippen molar-refractivity contribution < 1.29 is 27.5 Å². The van der Waals surface area contributed by atoms with Gasteiger partial charge in [0.05, 0.1) is 12.0 Å². The lowest BCUT2D eigenvalue weighted by atomic mass is 10.1. The highest BCUT2D eigenvalue weighted by Crippen LogP contribution is 2.20. The van der Waals surface area contributed by atoms with E-state index < -0.39 is 41.2 Å². The number of aliphatic carboxylic acids is 1. The molecule has 0 spiro atoms. The van der Waals surface area contributed by atoms with Crippen LogP contribution in [0.1, 0.15) is 12.0 Å². The van der Waals surface area contributed by atoms with Crippen LogP contribution in [0.2, 0.25) is 0 Å². The lowest BCUT2D eigenvalue weighted by Gasteiger charge is -2.01. The minimum atomic E-state index is -1.56. The highest BCUT2D eigenvalue weighted by Gasteiger charge is 2.16. The topological polar surface area (TPSA) is 37.3 Å². The lowest BCUT2D eigenvalue weighted by molar-refractivity contribution is -0.135. The summed E-state index contributed by atoms with van der Waals surface area (Å²) in [7, 11) is 0. The Morgan fingerprint density at radius 1 is 1.19 bits per heavy atom. The second-order valence-electron chi connectivity index (χ2n) is 2.88. The Kier molecular flexibility index (Phi) is 3.65. The maximum absolute atomic E-state index is 13.0. The number of hydrogen-bond acceptors (Lipinski definition) is 1. The molecule has 16 heavy (non-hydrogen) atoms. The zero-order valence-electron chi connectivity index (χ0n) is 7.81. The highest BCUT2D eigenvalue weighted by molar-refractivity contribution is 5.70. The molecule has 0 fully saturated rings. The standard InChI is InChI=1S/C10H6F4O2/c11-6-4-7(12)10(14)5(9(6)13)2-1-3-8(15)16/h1-2,4H,3H2,(H,15,16). The fraction of sp³-hybridized carbons (Fsp3) is 0.100. The number of carboxylic acid groups (broad SMARTS) is 1. The fourth-order valence-electron chi connectivity index (χ4n) is 1.02. The van der Waals surface area contributed by atoms with Gasteiger partial charge in [0, 0.05) is 6.07 Å². The molecule has 6 heteroatoms. The molecule has 0 amide bonds. The smallest absolute Gasteiger partial charge is 0.307 e. The SMILES string of the molecule is O=C(O)CC=Cc1c(F)c(F)cc(F)c1F. The van der Waals surface area contributed by atoms with Gasteiger partial charge in [-0.1, -0.05) is 12.2 Å². The van der Waals surface area contributed by atoms with Crippen molar-refractivity contribution in [2.75, 3.05) is 0 Å². The largest absolute Gasteiger partial charge is 0.481 e. The first-order chi connectivity index (χ1) is 7.43. The van der Waals surface area contributed by atoms with E-state index in [9.17, 15) is 22.4 Å². The number of hydrogen-bond donors (Lipinski definition) is 1. The number of carboxylic acids is 1. The van der Waals surface area contributed by atoms with Gasteiger partial charge in [0.25, 0.3) is 0 Å². The van der Waals surface area contributed by atoms with Crippen molar-refractivity contribution in [1.29, 1.82) is 0 Å². The quantitative estimate of drug-likeness (QED) is 0.644. The van der Waals surface area contributed by atoms with Gasteiger partial charge in [-0.05, 0) is 0 Å². The summed E-state index contributed by atoms with van der Waals surface area (Å²) in [5, 5.41) is 8.25. The Labute approximate surface area is 87.8 Å². The summed E-state index contributed by atoms with van der Waals surface area (Å²) in [5.41, 5.74) is -0.932. The second kappa shape index (κ2) is 4.78. The molecule has 0 aliphatic rings. The van der Waals surface area contributed by atoms with Crippen LogP contribution in [0.4, 0.5) is 17.6 Å². The summed E-state index contributed by atoms with van der Waals surface area (Å²) in [6, 6.07) is 0.0825. The van der Waals surface area contributed by atoms with Gasteiger partial charge in [-0.3, -0.25) is 4.79 Å². The zero-order valence-corrected chi connectivity index (χ0v) is 7.81. The molecule has 0 unspecified atom stereocenters. The van der Waals surface area contributed by atoms with Gasteiger partial charge >= 0.3 is 5.97 Å². The molecule has 0 aliphatic heterocycles. The molecule has 1 aromatic rings. The van der Waals surface area contributed by atoms with Crippen LogP contribution in [0, 0.1) is 23.3 Å². The third-order valence-corrected chi connectivity index (χ3v) is 1.72. The second-order valence-corrected chi connectivity index (χ2v) is 2.88. The van der Waals surface area contributed by atoms with Gasteiger partial charge in [0.2, 0.25) is 0 Å². The van der Waals surface area contributed by atoms with Gasteiger partial charge < -0.3 is 5.11 Å². The Balaban J connectivity index is 3.12. The van der Waals surface area contributed by atoms with E-state index in [1.54, 1.807) is 0 Å². The van der Waals surface area contributed by atoms with Crippen LogP contribution in [-0.2, 0) is 4.79 Å². The van der Waals surface area contributed by atoms with Crippen LogP contribution in [0.5, 0.6) is 0 Å². The van der Waals surface area contributed by atoms with Crippen LogP contribution in [0.25, 0.3) is 6.08 Å². The average Bonchev–Trinajstić information content (AvgIpc) is 2.20. The van der Waals surface area contributed by atoms with Crippen LogP contribution in [0.15, 0.2) is 12.1 Å². The third-order valence-electron chi connectivity index (χ3n) is 1.72. The molecule has 2 nitrogen and oxygen atoms in total. The van der Waals surface area contributed by atoms with E-state index in [2.05, 4.69) is 0 Å². The van der Waals surface area contributed by atoms with Crippen LogP contribution in [0.3, 0.4) is 0 Å². The molecule has 0 saturated heterocycles. The molecule has 0 atom stereocenters. The van der Waals surface area contributed by atoms with Crippen molar-refractivity contribution in [2.24, 2.45) is 0 Å². The first kappa shape index (κ1) is 12.2. The highest BCUT2D eigenvalue weighted by atomic mass is 19.2. The molecular weight excluding hydrogens is 228 g/mol. The fourth-order valence-corrected chi connectivity index (χ4v) is 1.02. The van der Waals surface area contributed by atoms with Crippen molar-refractivity contribution in [1.82, 2.24) is 0 Å². The van der Waals surface area contributed by atoms with E-state index in [1.807, 2.05) is 0 Å². The number of rotatable bonds is 3. The third kappa shape index (κ3) is 2.59. The molecule has 0 heterocycles. The maximum Gasteiger partial charge on any atom is 0.307 e. The van der Waals surface area contributed by atoms with Gasteiger partial charge in [0.1, 0.15) is 0 Å². The van der Waals surface area contributed by atoms with Gasteiger partial charge in [-0.15, -0.1) is 0 Å². The van der Waals surface area contributed by atoms with E-state index in [0.29, 0.717) is 6.08 Å². The van der Waals surface area contributed by atoms with Crippen molar-refractivity contribution in [3.63, 3.8) is 0 Å². The molecule has 1 aromatic carbocycles. The molecule has 0 radical (unpaired) electrons. The number of carbonyl (C=O) groups is 1. The summed E-state index contributed by atoms with van der Waals surface area (Å²) >= 11 is 0. The normalized spacial score (nSPS) is 11.0. The molecule has 0 bridgehead atoms. The van der Waals surface area contributed by atoms with E-state index in [0.717, 1.165) is 6.08 Å². The van der Waals surface area contributed by atoms with E-state index in [4.69, 9.17) is 5.11 Å². The Morgan fingerprint density at radius 2 is 1.69 bits per heavy atom. The minimum absolute atomic E-state index is 0.0825. The number of halogens is 4. The molecule has 0 aromatic heterocycles. The first-order valence-corrected chi connectivity index (χ1v) is 4.14. The average molecular weight is 234 g/mol. The zero-order chi connectivity index (χ0) is 12.3. The summed E-state index contributed by atoms with van der Waals surface area (Å²) in [6.45, 7) is 0. The van der Waals surface area contributed by atoms with Crippen LogP contribution >= 0.6 is 0 Å². The van der Waals surface area contributed by atoms with Crippen molar-refractivity contribution in [3.8, 4) is 0 Å². The van der Waals surface area contributed by atoms with Gasteiger partial charge in [0.15, 0.2) is 23.3 Å². The molecule has 86 valence electrons. The van der Waals surface area contributed by atoms with Crippen molar-refractivity contribution in [3.05, 3.63) is 41.0 Å². The first-order valence-electron chi connectivity index (χ1n) is 4.14. The Morgan fingerprint density at radius 3 is 2.12 bits per heavy atom. The maximum atomic E-state index is 13.0. The molecule has 1 N–H and O–H groups in total. The number of benzene rings is 1. The summed E-state index contributed by atoms with van der Waals surface area (Å²) in [4.78, 5) is 10.1. The molecule has 0 saturated carbocycles. The van der Waals surface area contributed by atoms with Gasteiger partial charge in [-0.25, -0.2) is 17.6 Å². The van der Waals surface area contributed by atoms with E-state index >= 15 is 0 Å². The van der Waals surface area contributed by atoms with E-state index in [-0.39, 0.29) is 6.07 Å². The monoisotopic (exact) mass is 234 g/mol. The lowest BCUT2D eigenvalue weighted by Crippen LogP contribution is -1.98. The van der Waals surface area contributed by atoms with Crippen LogP contribution in [-0.4, -0.2) is 11.1 Å². The van der Waals surface area contributed by atoms with Crippen molar-refractivity contribution >= 4 is 12.0 Å².